The first kappa shape index (κ1) is 15.7. The lowest BCUT2D eigenvalue weighted by atomic mass is 10.2. The molecule has 0 aliphatic carbocycles. The molecule has 0 saturated carbocycles. The molecule has 7 nitrogen and oxygen atoms in total. The van der Waals surface area contributed by atoms with Crippen molar-refractivity contribution < 1.29 is 13.2 Å². The molecule has 3 rings (SSSR count). The summed E-state index contributed by atoms with van der Waals surface area (Å²) in [5, 5.41) is 0.977. The number of rotatable bonds is 6. The molecular formula is C15H18N4O3S. The molecule has 0 fully saturated rings. The summed E-state index contributed by atoms with van der Waals surface area (Å²) < 4.78 is 29.5. The van der Waals surface area contributed by atoms with Gasteiger partial charge < -0.3 is 15.0 Å². The number of para-hydroxylation sites is 1. The first-order valence-electron chi connectivity index (χ1n) is 7.20. The topological polar surface area (TPSA) is 100 Å². The Hall–Kier alpha value is -2.19. The summed E-state index contributed by atoms with van der Waals surface area (Å²) in [6.45, 7) is 1.15. The van der Waals surface area contributed by atoms with Crippen LogP contribution in [0.2, 0.25) is 0 Å². The maximum absolute atomic E-state index is 11.1. The van der Waals surface area contributed by atoms with Gasteiger partial charge in [0.2, 0.25) is 0 Å². The second-order valence-corrected chi connectivity index (χ2v) is 7.65. The van der Waals surface area contributed by atoms with E-state index in [0.717, 1.165) is 16.4 Å². The summed E-state index contributed by atoms with van der Waals surface area (Å²) in [4.78, 5) is 8.69. The van der Waals surface area contributed by atoms with Gasteiger partial charge in [-0.3, -0.25) is 0 Å². The van der Waals surface area contributed by atoms with Crippen molar-refractivity contribution in [1.82, 2.24) is 14.5 Å². The number of ether oxygens (including phenoxy) is 1. The number of nitrogens with zero attached hydrogens (tertiary/aromatic N) is 3. The fourth-order valence-electron chi connectivity index (χ4n) is 2.45. The van der Waals surface area contributed by atoms with Gasteiger partial charge in [0.25, 0.3) is 0 Å². The van der Waals surface area contributed by atoms with E-state index in [1.807, 2.05) is 28.8 Å². The number of benzene rings is 1. The summed E-state index contributed by atoms with van der Waals surface area (Å²) in [5.74, 6) is 0.424. The van der Waals surface area contributed by atoms with E-state index in [0.29, 0.717) is 24.5 Å². The molecule has 8 heteroatoms. The maximum atomic E-state index is 11.1. The van der Waals surface area contributed by atoms with Crippen molar-refractivity contribution in [3.8, 4) is 0 Å². The fourth-order valence-corrected chi connectivity index (χ4v) is 2.87. The van der Waals surface area contributed by atoms with E-state index in [4.69, 9.17) is 10.5 Å². The minimum atomic E-state index is -3.00. The van der Waals surface area contributed by atoms with Crippen LogP contribution in [0.15, 0.2) is 30.6 Å². The van der Waals surface area contributed by atoms with Crippen LogP contribution >= 0.6 is 0 Å². The van der Waals surface area contributed by atoms with Gasteiger partial charge >= 0.3 is 0 Å². The highest BCUT2D eigenvalue weighted by molar-refractivity contribution is 7.90. The Morgan fingerprint density at radius 3 is 2.83 bits per heavy atom. The van der Waals surface area contributed by atoms with Crippen LogP contribution in [0, 0.1) is 0 Å². The van der Waals surface area contributed by atoms with Gasteiger partial charge in [-0.2, -0.15) is 0 Å². The number of pyridine rings is 1. The van der Waals surface area contributed by atoms with Gasteiger partial charge in [0, 0.05) is 18.2 Å². The van der Waals surface area contributed by atoms with Crippen molar-refractivity contribution in [1.29, 1.82) is 0 Å². The number of imidazole rings is 1. The van der Waals surface area contributed by atoms with Crippen LogP contribution in [-0.2, 0) is 21.1 Å². The van der Waals surface area contributed by atoms with Crippen LogP contribution in [0.1, 0.15) is 0 Å². The monoisotopic (exact) mass is 334 g/mol. The summed E-state index contributed by atoms with van der Waals surface area (Å²) >= 11 is 0. The lowest BCUT2D eigenvalue weighted by Gasteiger charge is -2.08. The predicted molar refractivity (Wildman–Crippen MR) is 90.0 cm³/mol. The van der Waals surface area contributed by atoms with Crippen molar-refractivity contribution >= 4 is 37.6 Å². The molecule has 0 spiro atoms. The molecule has 23 heavy (non-hydrogen) atoms. The molecule has 122 valence electrons. The SMILES string of the molecule is CS(=O)(=O)CCOCCn1cnc2c(N)nc3ccccc3c21. The molecular weight excluding hydrogens is 316 g/mol. The smallest absolute Gasteiger partial charge is 0.152 e. The number of nitrogen functional groups attached to an aromatic ring is 1. The fraction of sp³-hybridized carbons (Fsp3) is 0.333. The zero-order valence-electron chi connectivity index (χ0n) is 12.8. The van der Waals surface area contributed by atoms with E-state index in [2.05, 4.69) is 9.97 Å². The van der Waals surface area contributed by atoms with Crippen molar-refractivity contribution in [3.05, 3.63) is 30.6 Å². The quantitative estimate of drug-likeness (QED) is 0.681. The van der Waals surface area contributed by atoms with Crippen LogP contribution in [-0.4, -0.2) is 48.2 Å². The van der Waals surface area contributed by atoms with Crippen LogP contribution in [0.4, 0.5) is 5.82 Å². The van der Waals surface area contributed by atoms with E-state index in [9.17, 15) is 8.42 Å². The van der Waals surface area contributed by atoms with Crippen molar-refractivity contribution in [2.75, 3.05) is 31.0 Å². The number of aromatic nitrogens is 3. The second-order valence-electron chi connectivity index (χ2n) is 5.39. The average molecular weight is 334 g/mol. The van der Waals surface area contributed by atoms with Crippen molar-refractivity contribution in [2.24, 2.45) is 0 Å². The molecule has 0 radical (unpaired) electrons. The second kappa shape index (κ2) is 6.13. The van der Waals surface area contributed by atoms with E-state index in [1.165, 1.54) is 6.26 Å². The zero-order chi connectivity index (χ0) is 16.4. The molecule has 0 aliphatic heterocycles. The van der Waals surface area contributed by atoms with Crippen LogP contribution in [0.3, 0.4) is 0 Å². The highest BCUT2D eigenvalue weighted by Gasteiger charge is 2.11. The standard InChI is InChI=1S/C15H18N4O3S/c1-23(20,21)9-8-22-7-6-19-10-17-13-14(19)11-4-2-3-5-12(11)18-15(13)16/h2-5,10H,6-9H2,1H3,(H2,16,18). The van der Waals surface area contributed by atoms with Crippen molar-refractivity contribution in [3.63, 3.8) is 0 Å². The number of hydrogen-bond donors (Lipinski definition) is 1. The summed E-state index contributed by atoms with van der Waals surface area (Å²) in [6, 6.07) is 7.74. The van der Waals surface area contributed by atoms with Gasteiger partial charge in [0.05, 0.1) is 36.3 Å². The minimum absolute atomic E-state index is 0.0253. The Labute approximate surface area is 134 Å². The summed E-state index contributed by atoms with van der Waals surface area (Å²) in [5.41, 5.74) is 8.37. The first-order valence-corrected chi connectivity index (χ1v) is 9.26. The number of fused-ring (bicyclic) bond motifs is 3. The minimum Gasteiger partial charge on any atom is -0.382 e. The Balaban J connectivity index is 1.82. The number of sulfone groups is 1. The van der Waals surface area contributed by atoms with Gasteiger partial charge in [-0.15, -0.1) is 0 Å². The van der Waals surface area contributed by atoms with Crippen molar-refractivity contribution in [2.45, 2.75) is 6.54 Å². The molecule has 0 aliphatic rings. The average Bonchev–Trinajstić information content (AvgIpc) is 2.91. The van der Waals surface area contributed by atoms with E-state index in [-0.39, 0.29) is 12.4 Å². The highest BCUT2D eigenvalue weighted by atomic mass is 32.2. The number of nitrogens with two attached hydrogens (primary N) is 1. The molecule has 0 unspecified atom stereocenters. The third-order valence-electron chi connectivity index (χ3n) is 3.56. The van der Waals surface area contributed by atoms with Gasteiger partial charge in [-0.05, 0) is 6.07 Å². The van der Waals surface area contributed by atoms with Crippen LogP contribution < -0.4 is 5.73 Å². The Morgan fingerprint density at radius 1 is 1.26 bits per heavy atom. The van der Waals surface area contributed by atoms with Crippen LogP contribution in [0.25, 0.3) is 21.9 Å². The molecule has 0 saturated heterocycles. The predicted octanol–water partition coefficient (Wildman–Crippen LogP) is 1.23. The lowest BCUT2D eigenvalue weighted by Crippen LogP contribution is -2.13. The summed E-state index contributed by atoms with van der Waals surface area (Å²) in [6.07, 6.45) is 2.90. The molecule has 2 aromatic heterocycles. The molecule has 3 aromatic rings. The molecule has 2 heterocycles. The number of anilines is 1. The molecule has 0 bridgehead atoms. The third kappa shape index (κ3) is 3.43. The normalized spacial score (nSPS) is 12.2. The van der Waals surface area contributed by atoms with Crippen LogP contribution in [0.5, 0.6) is 0 Å². The first-order chi connectivity index (χ1) is 11.0. The number of hydrogen-bond acceptors (Lipinski definition) is 6. The van der Waals surface area contributed by atoms with Gasteiger partial charge in [0.1, 0.15) is 15.4 Å². The summed E-state index contributed by atoms with van der Waals surface area (Å²) in [7, 11) is -3.00. The maximum Gasteiger partial charge on any atom is 0.152 e. The van der Waals surface area contributed by atoms with Gasteiger partial charge in [-0.25, -0.2) is 18.4 Å². The van der Waals surface area contributed by atoms with E-state index < -0.39 is 9.84 Å². The van der Waals surface area contributed by atoms with Gasteiger partial charge in [-0.1, -0.05) is 18.2 Å². The Kier molecular flexibility index (Phi) is 4.18. The Morgan fingerprint density at radius 2 is 2.04 bits per heavy atom. The van der Waals surface area contributed by atoms with Gasteiger partial charge in [0.15, 0.2) is 5.82 Å². The highest BCUT2D eigenvalue weighted by Crippen LogP contribution is 2.26. The molecule has 0 amide bonds. The van der Waals surface area contributed by atoms with E-state index in [1.54, 1.807) is 6.33 Å². The third-order valence-corrected chi connectivity index (χ3v) is 4.46. The molecule has 0 atom stereocenters. The molecule has 1 aromatic carbocycles. The largest absolute Gasteiger partial charge is 0.382 e. The zero-order valence-corrected chi connectivity index (χ0v) is 13.6. The Bertz CT molecular complexity index is 950. The lowest BCUT2D eigenvalue weighted by molar-refractivity contribution is 0.141. The molecule has 2 N–H and O–H groups in total. The van der Waals surface area contributed by atoms with E-state index >= 15 is 0 Å².